The molecule has 1 fully saturated rings. The summed E-state index contributed by atoms with van der Waals surface area (Å²) < 4.78 is 43.6. The fraction of sp³-hybridized carbons (Fsp3) is 0.379. The number of aryl methyl sites for hydroxylation is 1. The molecule has 0 atom stereocenters. The van der Waals surface area contributed by atoms with Crippen molar-refractivity contribution in [1.29, 1.82) is 5.26 Å². The van der Waals surface area contributed by atoms with E-state index in [0.29, 0.717) is 55.8 Å². The van der Waals surface area contributed by atoms with Crippen molar-refractivity contribution < 1.29 is 22.8 Å². The van der Waals surface area contributed by atoms with Crippen molar-refractivity contribution in [1.82, 2.24) is 34.8 Å². The molecule has 0 radical (unpaired) electrons. The number of carbonyl (C=O) groups excluding carboxylic acids is 2. The maximum absolute atomic E-state index is 13.7. The third-order valence-corrected chi connectivity index (χ3v) is 7.44. The van der Waals surface area contributed by atoms with E-state index in [9.17, 15) is 22.8 Å². The number of carbonyl (C=O) groups is 2. The van der Waals surface area contributed by atoms with Crippen LogP contribution in [0.5, 0.6) is 0 Å². The Labute approximate surface area is 250 Å². The Hall–Kier alpha value is -4.97. The van der Waals surface area contributed by atoms with Gasteiger partial charge >= 0.3 is 6.18 Å². The fourth-order valence-electron chi connectivity index (χ4n) is 5.12. The highest BCUT2D eigenvalue weighted by atomic mass is 19.4. The highest BCUT2D eigenvalue weighted by Gasteiger charge is 2.38. The zero-order valence-electron chi connectivity index (χ0n) is 23.9. The van der Waals surface area contributed by atoms with Gasteiger partial charge < -0.3 is 21.7 Å². The van der Waals surface area contributed by atoms with Crippen LogP contribution < -0.4 is 21.7 Å². The summed E-state index contributed by atoms with van der Waals surface area (Å²) in [4.78, 5) is 33.5. The number of fused-ring (bicyclic) bond motifs is 1. The fourth-order valence-corrected chi connectivity index (χ4v) is 5.12. The zero-order valence-corrected chi connectivity index (χ0v) is 23.9. The van der Waals surface area contributed by atoms with Crippen LogP contribution in [0.1, 0.15) is 47.8 Å². The van der Waals surface area contributed by atoms with Crippen molar-refractivity contribution in [3.05, 3.63) is 59.8 Å². The molecule has 44 heavy (non-hydrogen) atoms. The number of imidazole rings is 1. The van der Waals surface area contributed by atoms with Gasteiger partial charge in [-0.15, -0.1) is 0 Å². The predicted octanol–water partition coefficient (Wildman–Crippen LogP) is 3.41. The summed E-state index contributed by atoms with van der Waals surface area (Å²) in [7, 11) is 0. The van der Waals surface area contributed by atoms with Gasteiger partial charge in [0.15, 0.2) is 17.2 Å². The topological polar surface area (TPSA) is 168 Å². The molecule has 1 aliphatic rings. The summed E-state index contributed by atoms with van der Waals surface area (Å²) in [5.74, 6) is 0.0464. The maximum Gasteiger partial charge on any atom is 0.435 e. The Morgan fingerprint density at radius 2 is 1.95 bits per heavy atom. The zero-order chi connectivity index (χ0) is 31.4. The van der Waals surface area contributed by atoms with Gasteiger partial charge in [0.05, 0.1) is 23.5 Å². The molecule has 230 valence electrons. The standard InChI is InChI=1S/C29H31F3N10O2/c1-2-17-14-20(4-5-21(17)28(44)37-8-3-7-36-27(43)18-12-19(34)13-18)39-25-26-38-15-23(42(26)11-9-35-25)22-16-41(10-6-33)40-24(22)29(30,31)32/h4-5,9,11,14-16,18-19H,2-3,7-8,10,12-13,34H2,1H3,(H,35,39)(H,36,43)(H,37,44)/t18-,19+. The minimum absolute atomic E-state index is 0.00362. The summed E-state index contributed by atoms with van der Waals surface area (Å²) in [5, 5.41) is 21.4. The number of nitriles is 1. The van der Waals surface area contributed by atoms with Gasteiger partial charge in [0.1, 0.15) is 6.54 Å². The van der Waals surface area contributed by atoms with Gasteiger partial charge in [0.2, 0.25) is 5.91 Å². The molecule has 0 unspecified atom stereocenters. The molecule has 1 saturated carbocycles. The van der Waals surface area contributed by atoms with Gasteiger partial charge in [-0.3, -0.25) is 18.7 Å². The van der Waals surface area contributed by atoms with Crippen LogP contribution in [0.25, 0.3) is 16.9 Å². The molecular formula is C29H31F3N10O2. The van der Waals surface area contributed by atoms with Crippen molar-refractivity contribution >= 4 is 29.0 Å². The molecule has 3 heterocycles. The SMILES string of the molecule is CCc1cc(Nc2nccn3c(-c4cn(CC#N)nc4C(F)(F)F)cnc23)ccc1C(=O)NCCCNC(=O)[C@H]1C[C@@H](N)C1. The van der Waals surface area contributed by atoms with E-state index in [-0.39, 0.29) is 47.2 Å². The van der Waals surface area contributed by atoms with Crippen LogP contribution in [0.15, 0.2) is 43.0 Å². The Bertz CT molecular complexity index is 1720. The smallest absolute Gasteiger partial charge is 0.356 e. The first kappa shape index (κ1) is 30.5. The molecule has 4 aromatic rings. The molecule has 1 aromatic carbocycles. The second kappa shape index (κ2) is 12.7. The van der Waals surface area contributed by atoms with Crippen LogP contribution >= 0.6 is 0 Å². The first-order valence-electron chi connectivity index (χ1n) is 14.1. The number of alkyl halides is 3. The molecule has 5 N–H and O–H groups in total. The molecular weight excluding hydrogens is 577 g/mol. The van der Waals surface area contributed by atoms with Gasteiger partial charge in [-0.1, -0.05) is 6.92 Å². The van der Waals surface area contributed by atoms with E-state index in [1.54, 1.807) is 24.3 Å². The monoisotopic (exact) mass is 608 g/mol. The van der Waals surface area contributed by atoms with E-state index in [1.807, 2.05) is 6.92 Å². The highest BCUT2D eigenvalue weighted by Crippen LogP contribution is 2.37. The average Bonchev–Trinajstić information content (AvgIpc) is 3.60. The summed E-state index contributed by atoms with van der Waals surface area (Å²) in [5.41, 5.74) is 6.70. The van der Waals surface area contributed by atoms with Crippen molar-refractivity contribution in [3.8, 4) is 17.3 Å². The minimum atomic E-state index is -4.74. The predicted molar refractivity (Wildman–Crippen MR) is 155 cm³/mol. The van der Waals surface area contributed by atoms with Crippen LogP contribution in [-0.4, -0.2) is 55.1 Å². The number of hydrogen-bond donors (Lipinski definition) is 4. The molecule has 0 aliphatic heterocycles. The van der Waals surface area contributed by atoms with E-state index in [1.165, 1.54) is 29.2 Å². The Kier molecular flexibility index (Phi) is 8.81. The number of hydrogen-bond acceptors (Lipinski definition) is 8. The third kappa shape index (κ3) is 6.50. The third-order valence-electron chi connectivity index (χ3n) is 7.44. The lowest BCUT2D eigenvalue weighted by Crippen LogP contribution is -2.45. The van der Waals surface area contributed by atoms with E-state index < -0.39 is 11.9 Å². The first-order valence-corrected chi connectivity index (χ1v) is 14.1. The second-order valence-electron chi connectivity index (χ2n) is 10.5. The molecule has 0 spiro atoms. The van der Waals surface area contributed by atoms with Gasteiger partial charge in [-0.05, 0) is 49.4 Å². The Morgan fingerprint density at radius 1 is 1.18 bits per heavy atom. The first-order chi connectivity index (χ1) is 21.1. The number of nitrogens with two attached hydrogens (primary N) is 1. The van der Waals surface area contributed by atoms with Gasteiger partial charge in [-0.2, -0.15) is 23.5 Å². The second-order valence-corrected chi connectivity index (χ2v) is 10.5. The number of amides is 2. The number of nitrogens with one attached hydrogen (secondary N) is 3. The number of rotatable bonds is 11. The van der Waals surface area contributed by atoms with E-state index in [2.05, 4.69) is 31.0 Å². The van der Waals surface area contributed by atoms with E-state index >= 15 is 0 Å². The highest BCUT2D eigenvalue weighted by molar-refractivity contribution is 5.96. The van der Waals surface area contributed by atoms with Crippen LogP contribution in [0.2, 0.25) is 0 Å². The summed E-state index contributed by atoms with van der Waals surface area (Å²) >= 11 is 0. The number of aromatic nitrogens is 5. The Balaban J connectivity index is 1.27. The van der Waals surface area contributed by atoms with Crippen LogP contribution in [0.3, 0.4) is 0 Å². The number of halogens is 3. The molecule has 1 aliphatic carbocycles. The summed E-state index contributed by atoms with van der Waals surface area (Å²) in [6, 6.07) is 7.10. The normalized spacial score (nSPS) is 16.3. The largest absolute Gasteiger partial charge is 0.435 e. The maximum atomic E-state index is 13.7. The number of nitrogens with zero attached hydrogens (tertiary/aromatic N) is 6. The van der Waals surface area contributed by atoms with Gasteiger partial charge in [0, 0.05) is 54.9 Å². The summed E-state index contributed by atoms with van der Waals surface area (Å²) in [6.07, 6.45) is 3.22. The molecule has 15 heteroatoms. The number of anilines is 2. The molecule has 2 amide bonds. The van der Waals surface area contributed by atoms with E-state index in [0.717, 1.165) is 10.2 Å². The quantitative estimate of drug-likeness (QED) is 0.188. The van der Waals surface area contributed by atoms with Gasteiger partial charge in [-0.25, -0.2) is 9.97 Å². The van der Waals surface area contributed by atoms with Crippen molar-refractivity contribution in [2.45, 2.75) is 51.4 Å². The lowest BCUT2D eigenvalue weighted by atomic mass is 9.80. The summed E-state index contributed by atoms with van der Waals surface area (Å²) in [6.45, 7) is 2.44. The molecule has 5 rings (SSSR count). The molecule has 0 saturated heterocycles. The van der Waals surface area contributed by atoms with E-state index in [4.69, 9.17) is 11.0 Å². The van der Waals surface area contributed by atoms with Gasteiger partial charge in [0.25, 0.3) is 5.91 Å². The lowest BCUT2D eigenvalue weighted by Gasteiger charge is -2.31. The molecule has 0 bridgehead atoms. The number of benzene rings is 1. The van der Waals surface area contributed by atoms with Crippen LogP contribution in [0.4, 0.5) is 24.7 Å². The molecule has 12 nitrogen and oxygen atoms in total. The van der Waals surface area contributed by atoms with Crippen molar-refractivity contribution in [2.75, 3.05) is 18.4 Å². The van der Waals surface area contributed by atoms with Crippen molar-refractivity contribution in [2.24, 2.45) is 11.7 Å². The van der Waals surface area contributed by atoms with Crippen molar-refractivity contribution in [3.63, 3.8) is 0 Å². The average molecular weight is 609 g/mol. The van der Waals surface area contributed by atoms with Crippen LogP contribution in [-0.2, 0) is 23.9 Å². The lowest BCUT2D eigenvalue weighted by molar-refractivity contribution is -0.141. The van der Waals surface area contributed by atoms with Crippen LogP contribution in [0, 0.1) is 17.2 Å². The molecule has 3 aromatic heterocycles. The Morgan fingerprint density at radius 3 is 2.66 bits per heavy atom. The minimum Gasteiger partial charge on any atom is -0.356 e.